The van der Waals surface area contributed by atoms with E-state index in [9.17, 15) is 9.59 Å². The van der Waals surface area contributed by atoms with E-state index in [-0.39, 0.29) is 23.1 Å². The van der Waals surface area contributed by atoms with Gasteiger partial charge in [0.1, 0.15) is 17.2 Å². The van der Waals surface area contributed by atoms with Gasteiger partial charge in [-0.1, -0.05) is 44.0 Å². The molecule has 31 heavy (non-hydrogen) atoms. The molecule has 0 bridgehead atoms. The molecule has 0 fully saturated rings. The highest BCUT2D eigenvalue weighted by Crippen LogP contribution is 2.31. The molecule has 1 aromatic carbocycles. The Kier molecular flexibility index (Phi) is 9.74. The van der Waals surface area contributed by atoms with E-state index >= 15 is 0 Å². The number of nitrogens with zero attached hydrogens (tertiary/aromatic N) is 1. The fourth-order valence-electron chi connectivity index (χ4n) is 3.00. The Balaban J connectivity index is 1.85. The number of hydrogen-bond acceptors (Lipinski definition) is 6. The number of aryl methyl sites for hydroxylation is 2. The molecule has 0 aliphatic rings. The summed E-state index contributed by atoms with van der Waals surface area (Å²) in [4.78, 5) is 24.1. The second-order valence-electron chi connectivity index (χ2n) is 7.83. The number of primary amides is 1. The van der Waals surface area contributed by atoms with Gasteiger partial charge in [-0.3, -0.25) is 10.1 Å². The first-order valence-corrected chi connectivity index (χ1v) is 11.3. The summed E-state index contributed by atoms with van der Waals surface area (Å²) in [5.41, 5.74) is 8.85. The minimum absolute atomic E-state index is 0.0877. The van der Waals surface area contributed by atoms with Crippen molar-refractivity contribution in [2.75, 3.05) is 18.4 Å². The van der Waals surface area contributed by atoms with Gasteiger partial charge in [0.2, 0.25) is 5.88 Å². The van der Waals surface area contributed by atoms with Crippen molar-refractivity contribution in [3.05, 3.63) is 40.5 Å². The average Bonchev–Trinajstić information content (AvgIpc) is 3.09. The second-order valence-corrected chi connectivity index (χ2v) is 8.60. The highest BCUT2D eigenvalue weighted by atomic mass is 32.1. The monoisotopic (exact) mass is 447 g/mol. The maximum Gasteiger partial charge on any atom is 0.319 e. The Hall–Kier alpha value is -2.65. The summed E-state index contributed by atoms with van der Waals surface area (Å²) in [6, 6.07) is 6.13. The van der Waals surface area contributed by atoms with Crippen molar-refractivity contribution in [3.63, 3.8) is 0 Å². The molecule has 0 atom stereocenters. The van der Waals surface area contributed by atoms with E-state index in [2.05, 4.69) is 40.2 Å². The van der Waals surface area contributed by atoms with E-state index in [0.29, 0.717) is 12.6 Å². The summed E-state index contributed by atoms with van der Waals surface area (Å²) < 4.78 is 9.91. The second kappa shape index (κ2) is 12.3. The summed E-state index contributed by atoms with van der Waals surface area (Å²) in [7, 11) is 0. The molecule has 9 heteroatoms. The molecule has 0 spiro atoms. The first kappa shape index (κ1) is 24.6. The first-order valence-electron chi connectivity index (χ1n) is 10.5. The third-order valence-electron chi connectivity index (χ3n) is 4.69. The van der Waals surface area contributed by atoms with Gasteiger partial charge < -0.3 is 21.1 Å². The van der Waals surface area contributed by atoms with Crippen LogP contribution in [0.4, 0.5) is 9.80 Å². The maximum absolute atomic E-state index is 12.2. The maximum atomic E-state index is 12.2. The molecular formula is C22H33N5O3S. The van der Waals surface area contributed by atoms with Crippen LogP contribution in [-0.4, -0.2) is 35.4 Å². The number of nitrogens with two attached hydrogens (primary N) is 1. The van der Waals surface area contributed by atoms with Gasteiger partial charge in [-0.05, 0) is 55.9 Å². The van der Waals surface area contributed by atoms with Gasteiger partial charge in [-0.15, -0.1) is 0 Å². The van der Waals surface area contributed by atoms with Gasteiger partial charge in [0, 0.05) is 12.6 Å². The molecule has 1 aromatic heterocycles. The number of hydrogen-bond donors (Lipinski definition) is 4. The molecule has 0 saturated carbocycles. The standard InChI is InChI=1S/C22H33N5O3S/c1-14(2)24-10-6-5-7-11-25-22(29)26-21-18(19(23)28)20(27-31-21)30-13-17-9-8-15(3)12-16(17)4/h8-9,12,14,24H,5-7,10-11,13H2,1-4H3,(H2,23,28)(H2,25,26,29). The molecule has 8 nitrogen and oxygen atoms in total. The average molecular weight is 448 g/mol. The zero-order chi connectivity index (χ0) is 22.8. The molecule has 0 aliphatic heterocycles. The number of unbranched alkanes of at least 4 members (excludes halogenated alkanes) is 2. The number of nitrogens with one attached hydrogen (secondary N) is 3. The number of ether oxygens (including phenoxy) is 1. The number of rotatable bonds is 12. The van der Waals surface area contributed by atoms with Crippen molar-refractivity contribution in [1.82, 2.24) is 15.0 Å². The molecule has 0 saturated heterocycles. The van der Waals surface area contributed by atoms with Crippen molar-refractivity contribution < 1.29 is 14.3 Å². The van der Waals surface area contributed by atoms with Crippen LogP contribution >= 0.6 is 11.5 Å². The summed E-state index contributed by atoms with van der Waals surface area (Å²) in [5, 5.41) is 9.09. The number of carbonyl (C=O) groups excluding carboxylic acids is 2. The Labute approximate surface area is 188 Å². The van der Waals surface area contributed by atoms with Crippen molar-refractivity contribution in [2.45, 2.75) is 59.6 Å². The quantitative estimate of drug-likeness (QED) is 0.370. The lowest BCUT2D eigenvalue weighted by molar-refractivity contribution is 0.0996. The highest BCUT2D eigenvalue weighted by molar-refractivity contribution is 7.11. The van der Waals surface area contributed by atoms with Crippen LogP contribution in [0.2, 0.25) is 0 Å². The SMILES string of the molecule is Cc1ccc(COc2nsc(NC(=O)NCCCCCNC(C)C)c2C(N)=O)c(C)c1. The van der Waals surface area contributed by atoms with E-state index in [0.717, 1.165) is 54.0 Å². The third-order valence-corrected chi connectivity index (χ3v) is 5.43. The van der Waals surface area contributed by atoms with Crippen molar-refractivity contribution in [1.29, 1.82) is 0 Å². The third kappa shape index (κ3) is 8.18. The lowest BCUT2D eigenvalue weighted by Gasteiger charge is -2.10. The fourth-order valence-corrected chi connectivity index (χ4v) is 3.73. The lowest BCUT2D eigenvalue weighted by Crippen LogP contribution is -2.30. The normalized spacial score (nSPS) is 10.9. The Morgan fingerprint density at radius 2 is 1.90 bits per heavy atom. The van der Waals surface area contributed by atoms with Crippen LogP contribution in [-0.2, 0) is 6.61 Å². The molecule has 2 rings (SSSR count). The summed E-state index contributed by atoms with van der Waals surface area (Å²) in [6.45, 7) is 10.0. The zero-order valence-corrected chi connectivity index (χ0v) is 19.5. The van der Waals surface area contributed by atoms with Gasteiger partial charge >= 0.3 is 6.03 Å². The summed E-state index contributed by atoms with van der Waals surface area (Å²) in [5.74, 6) is -0.567. The smallest absolute Gasteiger partial charge is 0.319 e. The minimum atomic E-state index is -0.697. The van der Waals surface area contributed by atoms with Crippen LogP contribution in [0.15, 0.2) is 18.2 Å². The van der Waals surface area contributed by atoms with Crippen LogP contribution < -0.4 is 26.4 Å². The summed E-state index contributed by atoms with van der Waals surface area (Å²) in [6.07, 6.45) is 2.95. The number of aromatic nitrogens is 1. The van der Waals surface area contributed by atoms with Crippen LogP contribution in [0.25, 0.3) is 0 Å². The largest absolute Gasteiger partial charge is 0.472 e. The summed E-state index contributed by atoms with van der Waals surface area (Å²) >= 11 is 0.972. The molecule has 0 unspecified atom stereocenters. The molecular weight excluding hydrogens is 414 g/mol. The van der Waals surface area contributed by atoms with Crippen LogP contribution in [0, 0.1) is 13.8 Å². The van der Waals surface area contributed by atoms with Gasteiger partial charge in [-0.25, -0.2) is 4.79 Å². The van der Waals surface area contributed by atoms with Gasteiger partial charge in [-0.2, -0.15) is 4.37 Å². The van der Waals surface area contributed by atoms with Crippen LogP contribution in [0.5, 0.6) is 5.88 Å². The van der Waals surface area contributed by atoms with E-state index in [1.54, 1.807) is 0 Å². The van der Waals surface area contributed by atoms with Gasteiger partial charge in [0.05, 0.1) is 0 Å². The number of carbonyl (C=O) groups is 2. The topological polar surface area (TPSA) is 118 Å². The van der Waals surface area contributed by atoms with E-state index in [1.165, 1.54) is 0 Å². The molecule has 2 aromatic rings. The number of benzene rings is 1. The zero-order valence-electron chi connectivity index (χ0n) is 18.7. The predicted molar refractivity (Wildman–Crippen MR) is 125 cm³/mol. The van der Waals surface area contributed by atoms with Crippen LogP contribution in [0.3, 0.4) is 0 Å². The Bertz CT molecular complexity index is 882. The molecule has 170 valence electrons. The van der Waals surface area contributed by atoms with Crippen LogP contribution in [0.1, 0.15) is 60.2 Å². The fraction of sp³-hybridized carbons (Fsp3) is 0.500. The molecule has 5 N–H and O–H groups in total. The lowest BCUT2D eigenvalue weighted by atomic mass is 10.1. The Morgan fingerprint density at radius 1 is 1.16 bits per heavy atom. The van der Waals surface area contributed by atoms with Crippen molar-refractivity contribution >= 4 is 28.5 Å². The molecule has 1 heterocycles. The molecule has 3 amide bonds. The van der Waals surface area contributed by atoms with E-state index < -0.39 is 11.9 Å². The van der Waals surface area contributed by atoms with Crippen molar-refractivity contribution in [2.24, 2.45) is 5.73 Å². The number of amides is 3. The van der Waals surface area contributed by atoms with Gasteiger partial charge in [0.25, 0.3) is 5.91 Å². The molecule has 0 aliphatic carbocycles. The van der Waals surface area contributed by atoms with E-state index in [1.807, 2.05) is 26.0 Å². The number of anilines is 1. The van der Waals surface area contributed by atoms with E-state index in [4.69, 9.17) is 10.5 Å². The van der Waals surface area contributed by atoms with Crippen molar-refractivity contribution in [3.8, 4) is 5.88 Å². The predicted octanol–water partition coefficient (Wildman–Crippen LogP) is 3.73. The highest BCUT2D eigenvalue weighted by Gasteiger charge is 2.22. The Morgan fingerprint density at radius 3 is 2.58 bits per heavy atom. The number of urea groups is 1. The molecule has 0 radical (unpaired) electrons. The van der Waals surface area contributed by atoms with Gasteiger partial charge in [0.15, 0.2) is 0 Å². The minimum Gasteiger partial charge on any atom is -0.472 e. The first-order chi connectivity index (χ1) is 14.8.